The van der Waals surface area contributed by atoms with Crippen molar-refractivity contribution in [1.82, 2.24) is 15.5 Å². The normalized spacial score (nSPS) is 19.5. The van der Waals surface area contributed by atoms with Gasteiger partial charge in [-0.25, -0.2) is 0 Å². The van der Waals surface area contributed by atoms with E-state index in [1.165, 1.54) is 18.1 Å². The number of carbonyl (C=O) groups excluding carboxylic acids is 3. The molecule has 6 nitrogen and oxygen atoms in total. The molecule has 2 N–H and O–H groups in total. The fourth-order valence-electron chi connectivity index (χ4n) is 5.17. The molecular formula is C26H39N3O3. The summed E-state index contributed by atoms with van der Waals surface area (Å²) in [5.74, 6) is -0.0676. The highest BCUT2D eigenvalue weighted by Crippen LogP contribution is 2.29. The van der Waals surface area contributed by atoms with Crippen LogP contribution < -0.4 is 10.6 Å². The van der Waals surface area contributed by atoms with E-state index >= 15 is 0 Å². The van der Waals surface area contributed by atoms with E-state index in [1.807, 2.05) is 0 Å². The predicted octanol–water partition coefficient (Wildman–Crippen LogP) is 3.37. The van der Waals surface area contributed by atoms with E-state index in [0.717, 1.165) is 45.2 Å². The van der Waals surface area contributed by atoms with Gasteiger partial charge in [0.1, 0.15) is 5.54 Å². The van der Waals surface area contributed by atoms with Gasteiger partial charge < -0.3 is 10.6 Å². The highest BCUT2D eigenvalue weighted by Gasteiger charge is 2.41. The van der Waals surface area contributed by atoms with Gasteiger partial charge in [0, 0.05) is 13.5 Å². The van der Waals surface area contributed by atoms with Crippen LogP contribution in [0, 0.1) is 5.92 Å². The minimum atomic E-state index is -0.888. The summed E-state index contributed by atoms with van der Waals surface area (Å²) >= 11 is 0. The Morgan fingerprint density at radius 1 is 1.03 bits per heavy atom. The van der Waals surface area contributed by atoms with Gasteiger partial charge in [-0.2, -0.15) is 0 Å². The summed E-state index contributed by atoms with van der Waals surface area (Å²) in [5.41, 5.74) is 1.76. The third-order valence-electron chi connectivity index (χ3n) is 6.77. The van der Waals surface area contributed by atoms with E-state index in [-0.39, 0.29) is 23.5 Å². The van der Waals surface area contributed by atoms with Crippen molar-refractivity contribution in [2.75, 3.05) is 13.1 Å². The molecule has 0 saturated heterocycles. The number of hydrogen-bond acceptors (Lipinski definition) is 4. The lowest BCUT2D eigenvalue weighted by Crippen LogP contribution is -2.62. The van der Waals surface area contributed by atoms with Crippen LogP contribution in [0.25, 0.3) is 0 Å². The molecule has 1 atom stereocenters. The van der Waals surface area contributed by atoms with Crippen molar-refractivity contribution in [3.05, 3.63) is 35.4 Å². The zero-order chi connectivity index (χ0) is 23.1. The Hall–Kier alpha value is -2.21. The minimum Gasteiger partial charge on any atom is -0.344 e. The Labute approximate surface area is 192 Å². The molecule has 0 aromatic heterocycles. The van der Waals surface area contributed by atoms with E-state index in [1.54, 1.807) is 0 Å². The van der Waals surface area contributed by atoms with Crippen LogP contribution in [0.2, 0.25) is 0 Å². The number of fused-ring (bicyclic) bond motifs is 1. The zero-order valence-corrected chi connectivity index (χ0v) is 19.9. The summed E-state index contributed by atoms with van der Waals surface area (Å²) in [5, 5.41) is 5.98. The van der Waals surface area contributed by atoms with Gasteiger partial charge in [-0.1, -0.05) is 57.4 Å². The fourth-order valence-corrected chi connectivity index (χ4v) is 5.17. The molecule has 1 aromatic carbocycles. The summed E-state index contributed by atoms with van der Waals surface area (Å²) in [4.78, 5) is 40.8. The minimum absolute atomic E-state index is 0.0558. The first kappa shape index (κ1) is 24.4. The second kappa shape index (κ2) is 11.1. The summed E-state index contributed by atoms with van der Waals surface area (Å²) in [7, 11) is 0. The second-order valence-electron chi connectivity index (χ2n) is 10.0. The van der Waals surface area contributed by atoms with Gasteiger partial charge in [0.15, 0.2) is 5.78 Å². The summed E-state index contributed by atoms with van der Waals surface area (Å²) < 4.78 is 0. The van der Waals surface area contributed by atoms with Gasteiger partial charge in [0.05, 0.1) is 12.6 Å². The number of rotatable bonds is 8. The molecule has 0 spiro atoms. The number of Topliss-reactive ketones (excluding diaryl/α,β-unsaturated/α-hetero) is 1. The molecule has 3 rings (SSSR count). The lowest BCUT2D eigenvalue weighted by atomic mass is 9.80. The second-order valence-corrected chi connectivity index (χ2v) is 10.0. The number of amides is 2. The smallest absolute Gasteiger partial charge is 0.246 e. The molecule has 0 unspecified atom stereocenters. The maximum Gasteiger partial charge on any atom is 0.246 e. The van der Waals surface area contributed by atoms with Crippen LogP contribution in [0.1, 0.15) is 76.8 Å². The maximum atomic E-state index is 13.4. The Morgan fingerprint density at radius 3 is 2.38 bits per heavy atom. The predicted molar refractivity (Wildman–Crippen MR) is 126 cm³/mol. The maximum absolute atomic E-state index is 13.4. The van der Waals surface area contributed by atoms with Gasteiger partial charge in [-0.05, 0) is 55.7 Å². The number of aryl methyl sites for hydroxylation is 1. The average molecular weight is 442 g/mol. The zero-order valence-electron chi connectivity index (χ0n) is 19.9. The third kappa shape index (κ3) is 6.41. The molecule has 1 heterocycles. The largest absolute Gasteiger partial charge is 0.344 e. The molecule has 6 heteroatoms. The molecule has 1 saturated carbocycles. The number of benzene rings is 1. The summed E-state index contributed by atoms with van der Waals surface area (Å²) in [6, 6.07) is 7.91. The number of nitrogens with one attached hydrogen (secondary N) is 2. The lowest BCUT2D eigenvalue weighted by molar-refractivity contribution is -0.137. The van der Waals surface area contributed by atoms with Crippen LogP contribution >= 0.6 is 0 Å². The number of ketones is 1. The van der Waals surface area contributed by atoms with Crippen molar-refractivity contribution in [3.8, 4) is 0 Å². The van der Waals surface area contributed by atoms with Gasteiger partial charge >= 0.3 is 0 Å². The monoisotopic (exact) mass is 441 g/mol. The van der Waals surface area contributed by atoms with Gasteiger partial charge in [-0.15, -0.1) is 0 Å². The van der Waals surface area contributed by atoms with Crippen LogP contribution in [0.3, 0.4) is 0 Å². The molecule has 0 bridgehead atoms. The molecular weight excluding hydrogens is 402 g/mol. The molecule has 1 aromatic rings. The topological polar surface area (TPSA) is 78.5 Å². The van der Waals surface area contributed by atoms with Crippen molar-refractivity contribution in [2.45, 2.75) is 90.3 Å². The first-order valence-corrected chi connectivity index (χ1v) is 12.2. The van der Waals surface area contributed by atoms with E-state index in [4.69, 9.17) is 0 Å². The quantitative estimate of drug-likeness (QED) is 0.648. The van der Waals surface area contributed by atoms with Crippen molar-refractivity contribution in [3.63, 3.8) is 0 Å². The molecule has 1 aliphatic heterocycles. The highest BCUT2D eigenvalue weighted by molar-refractivity contribution is 5.95. The molecule has 1 fully saturated rings. The summed E-state index contributed by atoms with van der Waals surface area (Å²) in [6.07, 6.45) is 6.80. The number of carbonyl (C=O) groups is 3. The van der Waals surface area contributed by atoms with E-state index in [2.05, 4.69) is 53.6 Å². The van der Waals surface area contributed by atoms with Crippen molar-refractivity contribution in [2.24, 2.45) is 5.92 Å². The standard InChI is InChI=1S/C26H39N3O3/c1-19(2)16-23(27-25(32)26(28-20(3)30)13-7-4-8-14-26)24(31)18-29-15-9-12-21-10-5-6-11-22(21)17-29/h5-6,10-11,19,23H,4,7-9,12-18H2,1-3H3,(H,27,32)(H,28,30)/t23-/m0/s1. The molecule has 176 valence electrons. The number of nitrogens with zero attached hydrogens (tertiary/aromatic N) is 1. The van der Waals surface area contributed by atoms with Crippen molar-refractivity contribution in [1.29, 1.82) is 0 Å². The molecule has 0 radical (unpaired) electrons. The van der Waals surface area contributed by atoms with Gasteiger partial charge in [0.25, 0.3) is 0 Å². The van der Waals surface area contributed by atoms with E-state index in [9.17, 15) is 14.4 Å². The van der Waals surface area contributed by atoms with E-state index < -0.39 is 11.6 Å². The third-order valence-corrected chi connectivity index (χ3v) is 6.77. The molecule has 32 heavy (non-hydrogen) atoms. The average Bonchev–Trinajstić information content (AvgIpc) is 2.94. The Balaban J connectivity index is 1.70. The lowest BCUT2D eigenvalue weighted by Gasteiger charge is -2.37. The SMILES string of the molecule is CC(=O)NC1(C(=O)N[C@@H](CC(C)C)C(=O)CN2CCCc3ccccc3C2)CCCCC1. The van der Waals surface area contributed by atoms with Crippen molar-refractivity contribution < 1.29 is 14.4 Å². The van der Waals surface area contributed by atoms with Crippen LogP contribution in [0.5, 0.6) is 0 Å². The number of hydrogen-bond donors (Lipinski definition) is 2. The van der Waals surface area contributed by atoms with E-state index in [0.29, 0.717) is 25.8 Å². The van der Waals surface area contributed by atoms with Crippen molar-refractivity contribution >= 4 is 17.6 Å². The van der Waals surface area contributed by atoms with Crippen LogP contribution in [-0.2, 0) is 27.3 Å². The molecule has 1 aliphatic carbocycles. The van der Waals surface area contributed by atoms with Gasteiger partial charge in [0.2, 0.25) is 11.8 Å². The summed E-state index contributed by atoms with van der Waals surface area (Å²) in [6.45, 7) is 7.56. The Kier molecular flexibility index (Phi) is 8.46. The Morgan fingerprint density at radius 2 is 1.72 bits per heavy atom. The fraction of sp³-hybridized carbons (Fsp3) is 0.654. The first-order chi connectivity index (χ1) is 15.3. The Bertz CT molecular complexity index is 814. The first-order valence-electron chi connectivity index (χ1n) is 12.2. The van der Waals surface area contributed by atoms with Gasteiger partial charge in [-0.3, -0.25) is 19.3 Å². The van der Waals surface area contributed by atoms with Crippen LogP contribution in [0.4, 0.5) is 0 Å². The molecule has 2 amide bonds. The molecule has 2 aliphatic rings. The highest BCUT2D eigenvalue weighted by atomic mass is 16.2. The van der Waals surface area contributed by atoms with Crippen LogP contribution in [0.15, 0.2) is 24.3 Å². The van der Waals surface area contributed by atoms with Crippen LogP contribution in [-0.4, -0.2) is 47.2 Å².